The molecule has 2 rings (SSSR count). The van der Waals surface area contributed by atoms with Crippen LogP contribution in [0.2, 0.25) is 0 Å². The fraction of sp³-hybridized carbons (Fsp3) is 0.500. The van der Waals surface area contributed by atoms with Gasteiger partial charge in [0.1, 0.15) is 0 Å². The van der Waals surface area contributed by atoms with Crippen LogP contribution in [0.4, 0.5) is 0 Å². The second kappa shape index (κ2) is 5.18. The Bertz CT molecular complexity index is 448. The van der Waals surface area contributed by atoms with E-state index in [1.807, 2.05) is 24.0 Å². The van der Waals surface area contributed by atoms with E-state index >= 15 is 0 Å². The number of aryl methyl sites for hydroxylation is 2. The van der Waals surface area contributed by atoms with E-state index in [9.17, 15) is 0 Å². The smallest absolute Gasteiger partial charge is 0.0897 e. The lowest BCUT2D eigenvalue weighted by molar-refractivity contribution is 0.654. The first-order valence-electron chi connectivity index (χ1n) is 5.28. The van der Waals surface area contributed by atoms with Gasteiger partial charge in [0.05, 0.1) is 17.2 Å². The Kier molecular flexibility index (Phi) is 3.63. The van der Waals surface area contributed by atoms with Gasteiger partial charge in [-0.25, -0.2) is 9.67 Å². The number of thiazole rings is 1. The topological polar surface area (TPSA) is 69.6 Å². The summed E-state index contributed by atoms with van der Waals surface area (Å²) in [6.45, 7) is 3.45. The second-order valence-electron chi connectivity index (χ2n) is 3.65. The Morgan fingerprint density at radius 1 is 1.50 bits per heavy atom. The van der Waals surface area contributed by atoms with Crippen LogP contribution in [0, 0.1) is 6.92 Å². The predicted octanol–water partition coefficient (Wildman–Crippen LogP) is 0.983. The van der Waals surface area contributed by atoms with Crippen LogP contribution >= 0.6 is 11.3 Å². The van der Waals surface area contributed by atoms with E-state index in [-0.39, 0.29) is 0 Å². The Balaban J connectivity index is 1.97. The Hall–Kier alpha value is -1.27. The van der Waals surface area contributed by atoms with Crippen molar-refractivity contribution < 1.29 is 0 Å². The fourth-order valence-corrected chi connectivity index (χ4v) is 2.24. The summed E-state index contributed by atoms with van der Waals surface area (Å²) in [4.78, 5) is 5.41. The molecule has 86 valence electrons. The molecule has 2 N–H and O–H groups in total. The van der Waals surface area contributed by atoms with Gasteiger partial charge in [0.15, 0.2) is 0 Å². The molecule has 0 spiro atoms. The van der Waals surface area contributed by atoms with E-state index < -0.39 is 0 Å². The van der Waals surface area contributed by atoms with Crippen molar-refractivity contribution >= 4 is 11.3 Å². The molecule has 0 bridgehead atoms. The lowest BCUT2D eigenvalue weighted by Crippen LogP contribution is -2.00. The van der Waals surface area contributed by atoms with Gasteiger partial charge in [0.2, 0.25) is 0 Å². The van der Waals surface area contributed by atoms with Crippen LogP contribution in [0.15, 0.2) is 12.4 Å². The number of hydrogen-bond acceptors (Lipinski definition) is 5. The lowest BCUT2D eigenvalue weighted by atomic mass is 10.2. The van der Waals surface area contributed by atoms with Crippen molar-refractivity contribution in [2.75, 3.05) is 6.54 Å². The van der Waals surface area contributed by atoms with Gasteiger partial charge in [0.25, 0.3) is 0 Å². The molecular formula is C10H15N5S. The molecule has 0 atom stereocenters. The third-order valence-corrected chi connectivity index (χ3v) is 3.11. The summed E-state index contributed by atoms with van der Waals surface area (Å²) in [5, 5.41) is 9.26. The maximum Gasteiger partial charge on any atom is 0.0897 e. The summed E-state index contributed by atoms with van der Waals surface area (Å²) in [7, 11) is 0. The number of nitrogens with zero attached hydrogens (tertiary/aromatic N) is 4. The van der Waals surface area contributed by atoms with Crippen LogP contribution in [0.5, 0.6) is 0 Å². The summed E-state index contributed by atoms with van der Waals surface area (Å²) >= 11 is 1.69. The van der Waals surface area contributed by atoms with Crippen LogP contribution in [0.25, 0.3) is 0 Å². The second-order valence-corrected chi connectivity index (χ2v) is 4.96. The van der Waals surface area contributed by atoms with Crippen LogP contribution in [-0.2, 0) is 13.0 Å². The Morgan fingerprint density at radius 3 is 3.06 bits per heavy atom. The van der Waals surface area contributed by atoms with Gasteiger partial charge in [-0.1, -0.05) is 5.21 Å². The zero-order valence-electron chi connectivity index (χ0n) is 9.26. The molecule has 0 unspecified atom stereocenters. The quantitative estimate of drug-likeness (QED) is 0.841. The highest BCUT2D eigenvalue weighted by Crippen LogP contribution is 2.12. The zero-order chi connectivity index (χ0) is 11.4. The molecular weight excluding hydrogens is 222 g/mol. The summed E-state index contributed by atoms with van der Waals surface area (Å²) in [6, 6.07) is 0. The predicted molar refractivity (Wildman–Crippen MR) is 63.4 cm³/mol. The van der Waals surface area contributed by atoms with Crippen molar-refractivity contribution in [3.63, 3.8) is 0 Å². The van der Waals surface area contributed by atoms with Crippen molar-refractivity contribution in [3.05, 3.63) is 28.0 Å². The third-order valence-electron chi connectivity index (χ3n) is 2.21. The summed E-state index contributed by atoms with van der Waals surface area (Å²) < 4.78 is 1.85. The highest BCUT2D eigenvalue weighted by molar-refractivity contribution is 7.11. The van der Waals surface area contributed by atoms with Gasteiger partial charge in [-0.3, -0.25) is 0 Å². The maximum atomic E-state index is 5.45. The fourth-order valence-electron chi connectivity index (χ4n) is 1.45. The molecule has 0 fully saturated rings. The van der Waals surface area contributed by atoms with Gasteiger partial charge < -0.3 is 5.73 Å². The minimum absolute atomic E-state index is 0.695. The van der Waals surface area contributed by atoms with Gasteiger partial charge in [-0.15, -0.1) is 16.4 Å². The van der Waals surface area contributed by atoms with Gasteiger partial charge in [0, 0.05) is 17.3 Å². The molecule has 2 heterocycles. The van der Waals surface area contributed by atoms with Crippen molar-refractivity contribution in [1.82, 2.24) is 20.0 Å². The normalized spacial score (nSPS) is 10.9. The molecule has 16 heavy (non-hydrogen) atoms. The molecule has 5 nitrogen and oxygen atoms in total. The van der Waals surface area contributed by atoms with Crippen molar-refractivity contribution in [2.24, 2.45) is 5.73 Å². The largest absolute Gasteiger partial charge is 0.330 e. The average molecular weight is 237 g/mol. The van der Waals surface area contributed by atoms with E-state index in [1.54, 1.807) is 11.3 Å². The first kappa shape index (κ1) is 11.2. The first-order valence-corrected chi connectivity index (χ1v) is 6.10. The van der Waals surface area contributed by atoms with Crippen LogP contribution in [-0.4, -0.2) is 26.5 Å². The summed E-state index contributed by atoms with van der Waals surface area (Å²) in [5.74, 6) is 0. The van der Waals surface area contributed by atoms with Crippen molar-refractivity contribution in [2.45, 2.75) is 26.3 Å². The number of rotatable bonds is 5. The van der Waals surface area contributed by atoms with E-state index in [4.69, 9.17) is 5.73 Å². The van der Waals surface area contributed by atoms with E-state index in [2.05, 4.69) is 15.3 Å². The molecule has 0 aliphatic rings. The van der Waals surface area contributed by atoms with Crippen LogP contribution < -0.4 is 5.73 Å². The highest BCUT2D eigenvalue weighted by atomic mass is 32.1. The minimum atomic E-state index is 0.695. The van der Waals surface area contributed by atoms with E-state index in [0.717, 1.165) is 30.1 Å². The number of nitrogens with two attached hydrogens (primary N) is 1. The Labute approximate surface area is 98.3 Å². The molecule has 0 amide bonds. The van der Waals surface area contributed by atoms with E-state index in [1.165, 1.54) is 4.88 Å². The lowest BCUT2D eigenvalue weighted by Gasteiger charge is -1.94. The third kappa shape index (κ3) is 2.86. The average Bonchev–Trinajstić information content (AvgIpc) is 2.86. The molecule has 2 aromatic rings. The molecule has 6 heteroatoms. The highest BCUT2D eigenvalue weighted by Gasteiger charge is 2.03. The molecule has 0 aliphatic carbocycles. The minimum Gasteiger partial charge on any atom is -0.330 e. The molecule has 0 aliphatic heterocycles. The SMILES string of the molecule is Cc1ncc(Cn2cc(CCCN)nn2)s1. The van der Waals surface area contributed by atoms with Crippen molar-refractivity contribution in [3.8, 4) is 0 Å². The molecule has 0 aromatic carbocycles. The first-order chi connectivity index (χ1) is 7.78. The van der Waals surface area contributed by atoms with Gasteiger partial charge in [-0.05, 0) is 26.3 Å². The zero-order valence-corrected chi connectivity index (χ0v) is 10.1. The standard InChI is InChI=1S/C10H15N5S/c1-8-12-5-10(16-8)7-15-6-9(13-14-15)3-2-4-11/h5-6H,2-4,7,11H2,1H3. The monoisotopic (exact) mass is 237 g/mol. The van der Waals surface area contributed by atoms with Gasteiger partial charge >= 0.3 is 0 Å². The van der Waals surface area contributed by atoms with Gasteiger partial charge in [-0.2, -0.15) is 0 Å². The van der Waals surface area contributed by atoms with Crippen LogP contribution in [0.1, 0.15) is 22.0 Å². The number of hydrogen-bond donors (Lipinski definition) is 1. The number of aromatic nitrogens is 4. The van der Waals surface area contributed by atoms with Crippen LogP contribution in [0.3, 0.4) is 0 Å². The molecule has 0 radical (unpaired) electrons. The Morgan fingerprint density at radius 2 is 2.38 bits per heavy atom. The molecule has 2 aromatic heterocycles. The summed E-state index contributed by atoms with van der Waals surface area (Å²) in [6.07, 6.45) is 5.72. The van der Waals surface area contributed by atoms with E-state index in [0.29, 0.717) is 6.54 Å². The van der Waals surface area contributed by atoms with Crippen molar-refractivity contribution in [1.29, 1.82) is 0 Å². The molecule has 0 saturated heterocycles. The summed E-state index contributed by atoms with van der Waals surface area (Å²) in [5.41, 5.74) is 6.45. The maximum absolute atomic E-state index is 5.45. The molecule has 0 saturated carbocycles.